The Kier molecular flexibility index (Phi) is 2.36. The van der Waals surface area contributed by atoms with Gasteiger partial charge < -0.3 is 4.57 Å². The van der Waals surface area contributed by atoms with Gasteiger partial charge in [-0.1, -0.05) is 18.2 Å². The molecule has 0 radical (unpaired) electrons. The van der Waals surface area contributed by atoms with Crippen molar-refractivity contribution >= 4 is 27.8 Å². The van der Waals surface area contributed by atoms with Crippen LogP contribution in [0, 0.1) is 11.8 Å². The summed E-state index contributed by atoms with van der Waals surface area (Å²) < 4.78 is 2.86. The molecule has 1 aliphatic carbocycles. The number of hydrogen-bond donors (Lipinski definition) is 0. The minimum Gasteiger partial charge on any atom is -0.305 e. The minimum atomic E-state index is 0.403. The van der Waals surface area contributed by atoms with Crippen molar-refractivity contribution in [3.8, 4) is 0 Å². The van der Waals surface area contributed by atoms with Crippen LogP contribution in [0.5, 0.6) is 0 Å². The molecule has 4 heteroatoms. The van der Waals surface area contributed by atoms with Crippen molar-refractivity contribution in [1.82, 2.24) is 9.55 Å². The lowest BCUT2D eigenvalue weighted by Gasteiger charge is -2.22. The Bertz CT molecular complexity index is 522. The highest BCUT2D eigenvalue weighted by atomic mass is 79.9. The first-order valence-electron chi connectivity index (χ1n) is 5.13. The molecule has 3 rings (SSSR count). The predicted molar refractivity (Wildman–Crippen MR) is 68.0 cm³/mol. The standard InChI is InChI=1S/C12H10BrN3/c13-12-7-16(8-15-12)11-2-1-10-6-14-4-3-9(10)5-11/h1-10H. The molecule has 1 aromatic rings. The highest BCUT2D eigenvalue weighted by molar-refractivity contribution is 9.10. The van der Waals surface area contributed by atoms with Crippen LogP contribution in [0.1, 0.15) is 0 Å². The fourth-order valence-electron chi connectivity index (χ4n) is 1.95. The summed E-state index contributed by atoms with van der Waals surface area (Å²) in [6, 6.07) is 0. The second kappa shape index (κ2) is 3.87. The number of allylic oxidation sites excluding steroid dienone is 5. The molecule has 2 atom stereocenters. The first-order chi connectivity index (χ1) is 7.83. The van der Waals surface area contributed by atoms with Crippen LogP contribution in [-0.2, 0) is 0 Å². The summed E-state index contributed by atoms with van der Waals surface area (Å²) in [4.78, 5) is 8.31. The van der Waals surface area contributed by atoms with Crippen molar-refractivity contribution in [2.45, 2.75) is 0 Å². The van der Waals surface area contributed by atoms with E-state index in [2.05, 4.69) is 50.2 Å². The number of halogens is 1. The molecule has 0 saturated heterocycles. The molecule has 2 aliphatic rings. The molecular weight excluding hydrogens is 266 g/mol. The number of aromatic nitrogens is 2. The molecule has 0 amide bonds. The van der Waals surface area contributed by atoms with Crippen molar-refractivity contribution in [3.63, 3.8) is 0 Å². The Morgan fingerprint density at radius 2 is 2.19 bits per heavy atom. The van der Waals surface area contributed by atoms with Gasteiger partial charge >= 0.3 is 0 Å². The van der Waals surface area contributed by atoms with Crippen LogP contribution in [0.3, 0.4) is 0 Å². The molecule has 1 aromatic heterocycles. The van der Waals surface area contributed by atoms with Gasteiger partial charge in [0.15, 0.2) is 0 Å². The normalized spacial score (nSPS) is 26.7. The van der Waals surface area contributed by atoms with Crippen molar-refractivity contribution in [1.29, 1.82) is 0 Å². The van der Waals surface area contributed by atoms with Gasteiger partial charge in [0.25, 0.3) is 0 Å². The summed E-state index contributed by atoms with van der Waals surface area (Å²) in [6.45, 7) is 0. The van der Waals surface area contributed by atoms with Crippen LogP contribution in [-0.4, -0.2) is 15.8 Å². The van der Waals surface area contributed by atoms with E-state index >= 15 is 0 Å². The first-order valence-corrected chi connectivity index (χ1v) is 5.92. The Hall–Kier alpha value is -1.42. The van der Waals surface area contributed by atoms with Crippen LogP contribution in [0.25, 0.3) is 5.70 Å². The third-order valence-electron chi connectivity index (χ3n) is 2.80. The van der Waals surface area contributed by atoms with E-state index in [0.717, 1.165) is 10.3 Å². The lowest BCUT2D eigenvalue weighted by Crippen LogP contribution is -2.16. The lowest BCUT2D eigenvalue weighted by molar-refractivity contribution is 0.701. The average Bonchev–Trinajstić information content (AvgIpc) is 2.75. The maximum Gasteiger partial charge on any atom is 0.124 e. The van der Waals surface area contributed by atoms with E-state index in [-0.39, 0.29) is 0 Å². The largest absolute Gasteiger partial charge is 0.305 e. The maximum atomic E-state index is 4.16. The molecule has 16 heavy (non-hydrogen) atoms. The van der Waals surface area contributed by atoms with Gasteiger partial charge in [-0.25, -0.2) is 4.98 Å². The summed E-state index contributed by atoms with van der Waals surface area (Å²) in [5, 5.41) is 0. The molecule has 0 fully saturated rings. The zero-order chi connectivity index (χ0) is 11.0. The van der Waals surface area contributed by atoms with Gasteiger partial charge in [0.05, 0.1) is 0 Å². The lowest BCUT2D eigenvalue weighted by atomic mass is 9.87. The van der Waals surface area contributed by atoms with Crippen LogP contribution in [0.2, 0.25) is 0 Å². The van der Waals surface area contributed by atoms with E-state index < -0.39 is 0 Å². The molecule has 0 aromatic carbocycles. The highest BCUT2D eigenvalue weighted by Crippen LogP contribution is 2.27. The van der Waals surface area contributed by atoms with Crippen molar-refractivity contribution in [3.05, 3.63) is 47.6 Å². The van der Waals surface area contributed by atoms with Gasteiger partial charge in [-0.3, -0.25) is 4.99 Å². The van der Waals surface area contributed by atoms with Crippen molar-refractivity contribution < 1.29 is 0 Å². The van der Waals surface area contributed by atoms with Gasteiger partial charge in [0.1, 0.15) is 10.9 Å². The third kappa shape index (κ3) is 1.69. The van der Waals surface area contributed by atoms with Crippen molar-refractivity contribution in [2.24, 2.45) is 16.8 Å². The van der Waals surface area contributed by atoms with Gasteiger partial charge in [-0.2, -0.15) is 0 Å². The highest BCUT2D eigenvalue weighted by Gasteiger charge is 2.19. The number of rotatable bonds is 1. The Morgan fingerprint density at radius 3 is 3.00 bits per heavy atom. The van der Waals surface area contributed by atoms with Crippen LogP contribution < -0.4 is 0 Å². The summed E-state index contributed by atoms with van der Waals surface area (Å²) in [5.74, 6) is 0.819. The number of hydrogen-bond acceptors (Lipinski definition) is 2. The van der Waals surface area contributed by atoms with Crippen molar-refractivity contribution in [2.75, 3.05) is 0 Å². The van der Waals surface area contributed by atoms with Crippen LogP contribution >= 0.6 is 15.9 Å². The van der Waals surface area contributed by atoms with Gasteiger partial charge in [-0.15, -0.1) is 0 Å². The van der Waals surface area contributed by atoms with E-state index in [1.807, 2.05) is 23.2 Å². The topological polar surface area (TPSA) is 30.2 Å². The number of nitrogens with zero attached hydrogens (tertiary/aromatic N) is 3. The molecule has 3 nitrogen and oxygen atoms in total. The summed E-state index contributed by atoms with van der Waals surface area (Å²) >= 11 is 3.35. The van der Waals surface area contributed by atoms with E-state index in [9.17, 15) is 0 Å². The summed E-state index contributed by atoms with van der Waals surface area (Å²) in [5.41, 5.74) is 1.15. The van der Waals surface area contributed by atoms with Crippen LogP contribution in [0.15, 0.2) is 52.6 Å². The van der Waals surface area contributed by atoms with E-state index in [0.29, 0.717) is 11.8 Å². The second-order valence-electron chi connectivity index (χ2n) is 3.85. The fourth-order valence-corrected chi connectivity index (χ4v) is 2.26. The minimum absolute atomic E-state index is 0.403. The molecule has 0 saturated carbocycles. The number of aliphatic imine (C=N–C) groups is 1. The summed E-state index contributed by atoms with van der Waals surface area (Å²) in [6.07, 6.45) is 16.3. The smallest absolute Gasteiger partial charge is 0.124 e. The van der Waals surface area contributed by atoms with Gasteiger partial charge in [-0.05, 0) is 22.0 Å². The zero-order valence-corrected chi connectivity index (χ0v) is 10.1. The number of imidazole rings is 1. The fraction of sp³-hybridized carbons (Fsp3) is 0.167. The Balaban J connectivity index is 1.94. The van der Waals surface area contributed by atoms with Gasteiger partial charge in [0, 0.05) is 36.1 Å². The molecule has 2 heterocycles. The predicted octanol–water partition coefficient (Wildman–Crippen LogP) is 2.89. The molecule has 0 bridgehead atoms. The van der Waals surface area contributed by atoms with E-state index in [1.165, 1.54) is 0 Å². The second-order valence-corrected chi connectivity index (χ2v) is 4.66. The molecule has 1 aliphatic heterocycles. The first kappa shape index (κ1) is 9.78. The zero-order valence-electron chi connectivity index (χ0n) is 8.49. The molecule has 80 valence electrons. The average molecular weight is 276 g/mol. The SMILES string of the molecule is Brc1cn(C2=CC3C=CN=CC3C=C2)cn1. The van der Waals surface area contributed by atoms with Crippen LogP contribution in [0.4, 0.5) is 0 Å². The molecule has 0 spiro atoms. The molecule has 2 unspecified atom stereocenters. The monoisotopic (exact) mass is 275 g/mol. The maximum absolute atomic E-state index is 4.16. The number of fused-ring (bicyclic) bond motifs is 1. The molecule has 0 N–H and O–H groups in total. The van der Waals surface area contributed by atoms with Gasteiger partial charge in [0.2, 0.25) is 0 Å². The van der Waals surface area contributed by atoms with E-state index in [1.54, 1.807) is 6.33 Å². The Morgan fingerprint density at radius 1 is 1.25 bits per heavy atom. The Labute approximate surface area is 102 Å². The third-order valence-corrected chi connectivity index (χ3v) is 3.21. The van der Waals surface area contributed by atoms with E-state index in [4.69, 9.17) is 0 Å². The quantitative estimate of drug-likeness (QED) is 0.775. The molecular formula is C12H10BrN3. The summed E-state index contributed by atoms with van der Waals surface area (Å²) in [7, 11) is 0.